The van der Waals surface area contributed by atoms with Gasteiger partial charge in [-0.3, -0.25) is 4.79 Å². The van der Waals surface area contributed by atoms with Crippen molar-refractivity contribution in [2.45, 2.75) is 32.4 Å². The lowest BCUT2D eigenvalue weighted by molar-refractivity contribution is 0.243. The predicted molar refractivity (Wildman–Crippen MR) is 155 cm³/mol. The summed E-state index contributed by atoms with van der Waals surface area (Å²) in [5.74, 6) is -0.228. The van der Waals surface area contributed by atoms with E-state index in [4.69, 9.17) is 27.3 Å². The number of likely N-dealkylation sites (N-methyl/N-ethyl adjacent to an activating group) is 1. The van der Waals surface area contributed by atoms with Crippen LogP contribution in [0.1, 0.15) is 37.8 Å². The van der Waals surface area contributed by atoms with Crippen molar-refractivity contribution in [2.24, 2.45) is 16.3 Å². The van der Waals surface area contributed by atoms with Crippen LogP contribution in [0.4, 0.5) is 5.69 Å². The number of aromatic nitrogens is 2. The Bertz CT molecular complexity index is 1550. The summed E-state index contributed by atoms with van der Waals surface area (Å²) in [6.07, 6.45) is 3.61. The molecular formula is C27H33ClN6O5S. The molecule has 3 aromatic rings. The van der Waals surface area contributed by atoms with E-state index >= 15 is 0 Å². The summed E-state index contributed by atoms with van der Waals surface area (Å²) in [7, 11) is -3.70. The molecule has 0 unspecified atom stereocenters. The fourth-order valence-corrected chi connectivity index (χ4v) is 5.43. The summed E-state index contributed by atoms with van der Waals surface area (Å²) >= 11 is 6.13. The summed E-state index contributed by atoms with van der Waals surface area (Å²) in [5.41, 5.74) is 7.13. The van der Waals surface area contributed by atoms with Crippen molar-refractivity contribution in [3.05, 3.63) is 81.2 Å². The number of anilines is 1. The maximum absolute atomic E-state index is 13.6. The van der Waals surface area contributed by atoms with E-state index in [-0.39, 0.29) is 35.8 Å². The van der Waals surface area contributed by atoms with Crippen molar-refractivity contribution in [1.29, 1.82) is 0 Å². The molecule has 0 atom stereocenters. The van der Waals surface area contributed by atoms with Gasteiger partial charge in [-0.05, 0) is 49.6 Å². The van der Waals surface area contributed by atoms with Gasteiger partial charge in [-0.25, -0.2) is 13.1 Å². The SMILES string of the molecule is CCN(CCNS(=O)(=O)Cc1cccc(/C(N)=N/O)c1)c1cnn(-c2cccc(Cl)c2)c(=O)c1OCC1(C)CC1. The highest BCUT2D eigenvalue weighted by atomic mass is 35.5. The minimum atomic E-state index is -3.70. The van der Waals surface area contributed by atoms with Crippen LogP contribution in [0.25, 0.3) is 5.69 Å². The molecule has 0 bridgehead atoms. The summed E-state index contributed by atoms with van der Waals surface area (Å²) in [5, 5.41) is 16.7. The van der Waals surface area contributed by atoms with Gasteiger partial charge >= 0.3 is 5.56 Å². The molecule has 1 saturated carbocycles. The number of hydrogen-bond donors (Lipinski definition) is 3. The van der Waals surface area contributed by atoms with Crippen molar-refractivity contribution < 1.29 is 18.4 Å². The standard InChI is InChI=1S/C27H33ClN6O5S/c1-3-33(13-12-31-40(37,38)17-19-6-4-7-20(14-19)25(29)32-36)23-16-30-34(22-9-5-8-21(28)15-22)26(35)24(23)39-18-27(2)10-11-27/h4-9,14-16,31,36H,3,10-13,17-18H2,1-2H3,(H2,29,32). The molecule has 11 nitrogen and oxygen atoms in total. The third-order valence-electron chi connectivity index (χ3n) is 6.75. The molecule has 13 heteroatoms. The van der Waals surface area contributed by atoms with E-state index in [1.807, 2.05) is 11.8 Å². The number of hydrogen-bond acceptors (Lipinski definition) is 8. The highest BCUT2D eigenvalue weighted by Crippen LogP contribution is 2.45. The van der Waals surface area contributed by atoms with Crippen LogP contribution < -0.4 is 25.7 Å². The van der Waals surface area contributed by atoms with Gasteiger partial charge in [-0.15, -0.1) is 0 Å². The molecule has 1 fully saturated rings. The Balaban J connectivity index is 1.51. The number of nitrogens with two attached hydrogens (primary N) is 1. The maximum atomic E-state index is 13.6. The van der Waals surface area contributed by atoms with Crippen LogP contribution in [-0.2, 0) is 15.8 Å². The van der Waals surface area contributed by atoms with Crippen LogP contribution in [0.5, 0.6) is 5.75 Å². The van der Waals surface area contributed by atoms with Crippen LogP contribution in [0, 0.1) is 5.41 Å². The second-order valence-corrected chi connectivity index (χ2v) is 12.3. The largest absolute Gasteiger partial charge is 0.486 e. The number of amidine groups is 1. The third-order valence-corrected chi connectivity index (χ3v) is 8.34. The molecule has 0 amide bonds. The third kappa shape index (κ3) is 7.32. The number of rotatable bonds is 13. The molecule has 0 spiro atoms. The number of ether oxygens (including phenoxy) is 1. The molecule has 4 rings (SSSR count). The number of halogens is 1. The quantitative estimate of drug-likeness (QED) is 0.119. The zero-order valence-corrected chi connectivity index (χ0v) is 24.0. The van der Waals surface area contributed by atoms with Crippen molar-refractivity contribution in [1.82, 2.24) is 14.5 Å². The van der Waals surface area contributed by atoms with E-state index < -0.39 is 15.6 Å². The smallest absolute Gasteiger partial charge is 0.316 e. The lowest BCUT2D eigenvalue weighted by Crippen LogP contribution is -2.37. The van der Waals surface area contributed by atoms with Gasteiger partial charge in [0.05, 0.1) is 24.2 Å². The summed E-state index contributed by atoms with van der Waals surface area (Å²) < 4.78 is 35.5. The minimum Gasteiger partial charge on any atom is -0.486 e. The van der Waals surface area contributed by atoms with Crippen molar-refractivity contribution >= 4 is 33.1 Å². The van der Waals surface area contributed by atoms with E-state index in [1.54, 1.807) is 54.7 Å². The van der Waals surface area contributed by atoms with E-state index in [9.17, 15) is 13.2 Å². The summed E-state index contributed by atoms with van der Waals surface area (Å²) in [6.45, 7) is 5.25. The number of nitrogens with one attached hydrogen (secondary N) is 1. The van der Waals surface area contributed by atoms with Crippen LogP contribution in [-0.4, -0.2) is 55.5 Å². The molecule has 2 aromatic carbocycles. The van der Waals surface area contributed by atoms with E-state index in [0.717, 1.165) is 12.8 Å². The number of nitrogens with zero attached hydrogens (tertiary/aromatic N) is 4. The minimum absolute atomic E-state index is 0.0333. The molecule has 0 saturated heterocycles. The molecule has 1 heterocycles. The van der Waals surface area contributed by atoms with Gasteiger partial charge in [0.15, 0.2) is 5.84 Å². The Kier molecular flexibility index (Phi) is 9.02. The first-order chi connectivity index (χ1) is 19.0. The average molecular weight is 589 g/mol. The van der Waals surface area contributed by atoms with Gasteiger partial charge in [0, 0.05) is 35.6 Å². The number of oxime groups is 1. The molecule has 40 heavy (non-hydrogen) atoms. The lowest BCUT2D eigenvalue weighted by atomic mass is 10.1. The van der Waals surface area contributed by atoms with Crippen molar-refractivity contribution in [3.63, 3.8) is 0 Å². The molecule has 0 radical (unpaired) electrons. The van der Waals surface area contributed by atoms with Gasteiger partial charge in [0.2, 0.25) is 15.8 Å². The number of benzene rings is 2. The second-order valence-electron chi connectivity index (χ2n) is 10.1. The maximum Gasteiger partial charge on any atom is 0.316 e. The first kappa shape index (κ1) is 29.4. The molecule has 1 aliphatic carbocycles. The molecule has 4 N–H and O–H groups in total. The molecule has 1 aliphatic rings. The average Bonchev–Trinajstić information content (AvgIpc) is 3.66. The van der Waals surface area contributed by atoms with Gasteiger partial charge in [-0.1, -0.05) is 47.9 Å². The molecule has 0 aliphatic heterocycles. The number of sulfonamides is 1. The van der Waals surface area contributed by atoms with Crippen molar-refractivity contribution in [3.8, 4) is 11.4 Å². The molecular weight excluding hydrogens is 556 g/mol. The summed E-state index contributed by atoms with van der Waals surface area (Å²) in [6, 6.07) is 13.3. The highest BCUT2D eigenvalue weighted by Gasteiger charge is 2.38. The predicted octanol–water partition coefficient (Wildman–Crippen LogP) is 3.11. The van der Waals surface area contributed by atoms with Crippen LogP contribution >= 0.6 is 11.6 Å². The zero-order valence-electron chi connectivity index (χ0n) is 22.4. The van der Waals surface area contributed by atoms with Crippen LogP contribution in [0.2, 0.25) is 5.02 Å². The first-order valence-electron chi connectivity index (χ1n) is 12.8. The normalized spacial score (nSPS) is 14.6. The second kappa shape index (κ2) is 12.3. The monoisotopic (exact) mass is 588 g/mol. The van der Waals surface area contributed by atoms with Gasteiger partial charge < -0.3 is 20.6 Å². The molecule has 1 aromatic heterocycles. The Labute approximate surface area is 238 Å². The Morgan fingerprint density at radius 2 is 2.02 bits per heavy atom. The molecule has 214 valence electrons. The Hall–Kier alpha value is -3.61. The van der Waals surface area contributed by atoms with E-state index in [0.29, 0.717) is 40.7 Å². The Morgan fingerprint density at radius 3 is 2.70 bits per heavy atom. The summed E-state index contributed by atoms with van der Waals surface area (Å²) in [4.78, 5) is 15.4. The first-order valence-corrected chi connectivity index (χ1v) is 14.9. The van der Waals surface area contributed by atoms with Gasteiger partial charge in [-0.2, -0.15) is 9.78 Å². The lowest BCUT2D eigenvalue weighted by Gasteiger charge is -2.26. The van der Waals surface area contributed by atoms with Crippen LogP contribution in [0.3, 0.4) is 0 Å². The Morgan fingerprint density at radius 1 is 1.27 bits per heavy atom. The topological polar surface area (TPSA) is 152 Å². The van der Waals surface area contributed by atoms with E-state index in [1.165, 1.54) is 4.68 Å². The van der Waals surface area contributed by atoms with Gasteiger partial charge in [0.25, 0.3) is 0 Å². The van der Waals surface area contributed by atoms with Crippen molar-refractivity contribution in [2.75, 3.05) is 31.1 Å². The van der Waals surface area contributed by atoms with Gasteiger partial charge in [0.1, 0.15) is 5.69 Å². The highest BCUT2D eigenvalue weighted by molar-refractivity contribution is 7.88. The van der Waals surface area contributed by atoms with E-state index in [2.05, 4.69) is 21.9 Å². The van der Waals surface area contributed by atoms with Crippen LogP contribution in [0.15, 0.2) is 64.7 Å². The fourth-order valence-electron chi connectivity index (χ4n) is 4.12. The fraction of sp³-hybridized carbons (Fsp3) is 0.370. The zero-order chi connectivity index (χ0) is 28.9.